The van der Waals surface area contributed by atoms with Gasteiger partial charge in [-0.25, -0.2) is 0 Å². The average Bonchev–Trinajstić information content (AvgIpc) is 3.59. The highest BCUT2D eigenvalue weighted by molar-refractivity contribution is 5.95. The second-order valence-electron chi connectivity index (χ2n) is 8.57. The number of carbonyl (C=O) groups is 1. The number of amides is 1. The first kappa shape index (κ1) is 22.7. The molecule has 1 atom stereocenters. The summed E-state index contributed by atoms with van der Waals surface area (Å²) in [4.78, 5) is 15.4. The summed E-state index contributed by atoms with van der Waals surface area (Å²) in [6, 6.07) is 20.9. The number of nitrogens with zero attached hydrogens (tertiary/aromatic N) is 3. The SMILES string of the molecule is COc1ccc([C@H]2CCCN2C(=O)c2ccc(-c3nnc(-c4ccccc4C)o3)cc2)c(OC)c1. The molecule has 1 aliphatic heterocycles. The van der Waals surface area contributed by atoms with Crippen molar-refractivity contribution < 1.29 is 18.7 Å². The lowest BCUT2D eigenvalue weighted by Gasteiger charge is -2.26. The molecule has 7 heteroatoms. The third kappa shape index (κ3) is 4.37. The minimum absolute atomic E-state index is 0.0111. The highest BCUT2D eigenvalue weighted by Crippen LogP contribution is 2.39. The van der Waals surface area contributed by atoms with Gasteiger partial charge in [-0.2, -0.15) is 0 Å². The van der Waals surface area contributed by atoms with Crippen molar-refractivity contribution in [3.8, 4) is 34.4 Å². The number of benzene rings is 3. The van der Waals surface area contributed by atoms with E-state index in [0.29, 0.717) is 23.9 Å². The summed E-state index contributed by atoms with van der Waals surface area (Å²) < 4.78 is 16.8. The van der Waals surface area contributed by atoms with Gasteiger partial charge < -0.3 is 18.8 Å². The van der Waals surface area contributed by atoms with Crippen molar-refractivity contribution in [2.45, 2.75) is 25.8 Å². The minimum atomic E-state index is -0.0457. The average molecular weight is 470 g/mol. The predicted molar refractivity (Wildman–Crippen MR) is 132 cm³/mol. The van der Waals surface area contributed by atoms with Gasteiger partial charge >= 0.3 is 0 Å². The largest absolute Gasteiger partial charge is 0.497 e. The normalized spacial score (nSPS) is 15.3. The van der Waals surface area contributed by atoms with Gasteiger partial charge in [-0.15, -0.1) is 10.2 Å². The molecule has 0 aliphatic carbocycles. The first-order chi connectivity index (χ1) is 17.1. The molecule has 2 heterocycles. The van der Waals surface area contributed by atoms with Gasteiger partial charge in [-0.1, -0.05) is 18.2 Å². The predicted octanol–water partition coefficient (Wildman–Crippen LogP) is 5.71. The van der Waals surface area contributed by atoms with Gasteiger partial charge in [-0.05, 0) is 67.8 Å². The fourth-order valence-corrected chi connectivity index (χ4v) is 4.61. The topological polar surface area (TPSA) is 77.7 Å². The Kier molecular flexibility index (Phi) is 6.23. The molecule has 0 spiro atoms. The van der Waals surface area contributed by atoms with Gasteiger partial charge in [0, 0.05) is 34.9 Å². The summed E-state index contributed by atoms with van der Waals surface area (Å²) in [6.07, 6.45) is 1.82. The lowest BCUT2D eigenvalue weighted by Crippen LogP contribution is -2.30. The van der Waals surface area contributed by atoms with E-state index in [2.05, 4.69) is 10.2 Å². The van der Waals surface area contributed by atoms with E-state index < -0.39 is 0 Å². The molecule has 0 radical (unpaired) electrons. The zero-order valence-corrected chi connectivity index (χ0v) is 20.0. The Morgan fingerprint density at radius 1 is 0.971 bits per heavy atom. The van der Waals surface area contributed by atoms with Crippen molar-refractivity contribution in [2.24, 2.45) is 0 Å². The van der Waals surface area contributed by atoms with E-state index in [9.17, 15) is 4.79 Å². The third-order valence-corrected chi connectivity index (χ3v) is 6.49. The Balaban J connectivity index is 1.36. The van der Waals surface area contributed by atoms with Crippen LogP contribution in [0.5, 0.6) is 11.5 Å². The maximum atomic E-state index is 13.4. The number of methoxy groups -OCH3 is 2. The maximum absolute atomic E-state index is 13.4. The van der Waals surface area contributed by atoms with E-state index >= 15 is 0 Å². The Morgan fingerprint density at radius 3 is 2.49 bits per heavy atom. The summed E-state index contributed by atoms with van der Waals surface area (Å²) in [5.41, 5.74) is 4.35. The molecule has 1 amide bonds. The summed E-state index contributed by atoms with van der Waals surface area (Å²) in [6.45, 7) is 2.71. The third-order valence-electron chi connectivity index (χ3n) is 6.49. The number of ether oxygens (including phenoxy) is 2. The van der Waals surface area contributed by atoms with Crippen LogP contribution in [0.3, 0.4) is 0 Å². The fraction of sp³-hybridized carbons (Fsp3) is 0.250. The van der Waals surface area contributed by atoms with Crippen LogP contribution in [-0.4, -0.2) is 41.8 Å². The van der Waals surface area contributed by atoms with Gasteiger partial charge in [-0.3, -0.25) is 4.79 Å². The Morgan fingerprint density at radius 2 is 1.74 bits per heavy atom. The number of likely N-dealkylation sites (tertiary alicyclic amines) is 1. The van der Waals surface area contributed by atoms with E-state index in [1.54, 1.807) is 14.2 Å². The van der Waals surface area contributed by atoms with E-state index in [1.807, 2.05) is 78.6 Å². The second kappa shape index (κ2) is 9.62. The van der Waals surface area contributed by atoms with E-state index in [4.69, 9.17) is 13.9 Å². The Labute approximate surface area is 204 Å². The van der Waals surface area contributed by atoms with Gasteiger partial charge in [0.05, 0.1) is 20.3 Å². The molecule has 4 aromatic rings. The van der Waals surface area contributed by atoms with Crippen LogP contribution in [0.25, 0.3) is 22.9 Å². The van der Waals surface area contributed by atoms with Crippen LogP contribution >= 0.6 is 0 Å². The Bertz CT molecular complexity index is 1350. The van der Waals surface area contributed by atoms with Crippen LogP contribution in [-0.2, 0) is 0 Å². The molecular formula is C28H27N3O4. The van der Waals surface area contributed by atoms with Crippen molar-refractivity contribution in [1.29, 1.82) is 0 Å². The van der Waals surface area contributed by atoms with Crippen molar-refractivity contribution in [2.75, 3.05) is 20.8 Å². The first-order valence-electron chi connectivity index (χ1n) is 11.6. The maximum Gasteiger partial charge on any atom is 0.254 e. The van der Waals surface area contributed by atoms with Crippen molar-refractivity contribution >= 4 is 5.91 Å². The molecule has 5 rings (SSSR count). The molecule has 1 aromatic heterocycles. The molecule has 35 heavy (non-hydrogen) atoms. The molecule has 0 N–H and O–H groups in total. The highest BCUT2D eigenvalue weighted by Gasteiger charge is 2.32. The summed E-state index contributed by atoms with van der Waals surface area (Å²) >= 11 is 0. The first-order valence-corrected chi connectivity index (χ1v) is 11.6. The van der Waals surface area contributed by atoms with E-state index in [1.165, 1.54) is 0 Å². The van der Waals surface area contributed by atoms with Crippen LogP contribution in [0.15, 0.2) is 71.1 Å². The molecule has 3 aromatic carbocycles. The molecule has 1 saturated heterocycles. The number of aromatic nitrogens is 2. The van der Waals surface area contributed by atoms with Crippen molar-refractivity contribution in [3.05, 3.63) is 83.4 Å². The van der Waals surface area contributed by atoms with Gasteiger partial charge in [0.15, 0.2) is 0 Å². The number of hydrogen-bond donors (Lipinski definition) is 0. The van der Waals surface area contributed by atoms with Crippen molar-refractivity contribution in [3.63, 3.8) is 0 Å². The monoisotopic (exact) mass is 469 g/mol. The smallest absolute Gasteiger partial charge is 0.254 e. The molecule has 0 saturated carbocycles. The van der Waals surface area contributed by atoms with Crippen LogP contribution in [0.1, 0.15) is 40.4 Å². The number of rotatable bonds is 6. The summed E-state index contributed by atoms with van der Waals surface area (Å²) in [7, 11) is 3.27. The van der Waals surface area contributed by atoms with Gasteiger partial charge in [0.2, 0.25) is 11.8 Å². The second-order valence-corrected chi connectivity index (χ2v) is 8.57. The number of hydrogen-bond acceptors (Lipinski definition) is 6. The summed E-state index contributed by atoms with van der Waals surface area (Å²) in [5, 5.41) is 8.41. The zero-order chi connectivity index (χ0) is 24.4. The zero-order valence-electron chi connectivity index (χ0n) is 20.0. The molecular weight excluding hydrogens is 442 g/mol. The molecule has 7 nitrogen and oxygen atoms in total. The van der Waals surface area contributed by atoms with Crippen LogP contribution < -0.4 is 9.47 Å². The lowest BCUT2D eigenvalue weighted by atomic mass is 10.0. The molecule has 1 fully saturated rings. The van der Waals surface area contributed by atoms with E-state index in [0.717, 1.165) is 46.6 Å². The van der Waals surface area contributed by atoms with Crippen LogP contribution in [0, 0.1) is 6.92 Å². The van der Waals surface area contributed by atoms with Gasteiger partial charge in [0.25, 0.3) is 5.91 Å². The molecule has 178 valence electrons. The molecule has 0 unspecified atom stereocenters. The lowest BCUT2D eigenvalue weighted by molar-refractivity contribution is 0.0734. The van der Waals surface area contributed by atoms with Crippen molar-refractivity contribution in [1.82, 2.24) is 15.1 Å². The number of carbonyl (C=O) groups excluding carboxylic acids is 1. The van der Waals surface area contributed by atoms with E-state index in [-0.39, 0.29) is 11.9 Å². The minimum Gasteiger partial charge on any atom is -0.497 e. The quantitative estimate of drug-likeness (QED) is 0.360. The molecule has 0 bridgehead atoms. The standard InChI is InChI=1S/C28H27N3O4/c1-18-7-4-5-8-22(18)27-30-29-26(35-27)19-10-12-20(13-11-19)28(32)31-16-6-9-24(31)23-15-14-21(33-2)17-25(23)34-3/h4-5,7-8,10-15,17,24H,6,9,16H2,1-3H3/t24-/m1/s1. The number of aryl methyl sites for hydroxylation is 1. The molecule has 1 aliphatic rings. The van der Waals surface area contributed by atoms with Gasteiger partial charge in [0.1, 0.15) is 11.5 Å². The summed E-state index contributed by atoms with van der Waals surface area (Å²) in [5.74, 6) is 2.34. The highest BCUT2D eigenvalue weighted by atomic mass is 16.5. The van der Waals surface area contributed by atoms with Crippen LogP contribution in [0.4, 0.5) is 0 Å². The van der Waals surface area contributed by atoms with Crippen LogP contribution in [0.2, 0.25) is 0 Å². The fourth-order valence-electron chi connectivity index (χ4n) is 4.61. The Hall–Kier alpha value is -4.13.